The van der Waals surface area contributed by atoms with Gasteiger partial charge in [-0.05, 0) is 6.42 Å². The van der Waals surface area contributed by atoms with E-state index in [-0.39, 0.29) is 19.0 Å². The minimum atomic E-state index is -0.950. The highest BCUT2D eigenvalue weighted by Crippen LogP contribution is 1.92. The number of hydrogen-bond acceptors (Lipinski definition) is 3. The van der Waals surface area contributed by atoms with E-state index in [1.165, 1.54) is 0 Å². The van der Waals surface area contributed by atoms with E-state index < -0.39 is 5.97 Å². The summed E-state index contributed by atoms with van der Waals surface area (Å²) in [6.45, 7) is 1.84. The lowest BCUT2D eigenvalue weighted by Gasteiger charge is -1.99. The fraction of sp³-hybridized carbons (Fsp3) is 0.714. The van der Waals surface area contributed by atoms with Crippen LogP contribution in [0.3, 0.4) is 0 Å². The number of carboxylic acids is 1. The summed E-state index contributed by atoms with van der Waals surface area (Å²) in [7, 11) is 0. The van der Waals surface area contributed by atoms with Crippen LogP contribution in [0.2, 0.25) is 0 Å². The van der Waals surface area contributed by atoms with Gasteiger partial charge in [-0.25, -0.2) is 0 Å². The molecule has 0 aliphatic heterocycles. The first kappa shape index (κ1) is 9.94. The van der Waals surface area contributed by atoms with Crippen molar-refractivity contribution in [3.8, 4) is 0 Å². The van der Waals surface area contributed by atoms with Crippen molar-refractivity contribution in [2.45, 2.75) is 26.2 Å². The fourth-order valence-corrected chi connectivity index (χ4v) is 0.528. The summed E-state index contributed by atoms with van der Waals surface area (Å²) < 4.78 is 4.57. The maximum Gasteiger partial charge on any atom is 0.306 e. The van der Waals surface area contributed by atoms with Gasteiger partial charge in [0.05, 0.1) is 6.42 Å². The largest absolute Gasteiger partial charge is 0.481 e. The molecule has 1 N–H and O–H groups in total. The van der Waals surface area contributed by atoms with Gasteiger partial charge in [0.1, 0.15) is 6.61 Å². The second kappa shape index (κ2) is 5.70. The van der Waals surface area contributed by atoms with E-state index in [1.807, 2.05) is 6.92 Å². The second-order valence-corrected chi connectivity index (χ2v) is 2.11. The summed E-state index contributed by atoms with van der Waals surface area (Å²) in [5.41, 5.74) is 0. The van der Waals surface area contributed by atoms with Crippen molar-refractivity contribution in [2.24, 2.45) is 0 Å². The van der Waals surface area contributed by atoms with E-state index >= 15 is 0 Å². The van der Waals surface area contributed by atoms with Crippen LogP contribution in [-0.2, 0) is 14.3 Å². The monoisotopic (exact) mass is 160 g/mol. The van der Waals surface area contributed by atoms with Crippen molar-refractivity contribution >= 4 is 11.9 Å². The summed E-state index contributed by atoms with van der Waals surface area (Å²) in [6, 6.07) is 0. The molecule has 0 amide bonds. The van der Waals surface area contributed by atoms with Crippen molar-refractivity contribution in [3.63, 3.8) is 0 Å². The van der Waals surface area contributed by atoms with Crippen LogP contribution in [0, 0.1) is 0 Å². The number of carboxylic acid groups (broad SMARTS) is 1. The van der Waals surface area contributed by atoms with Crippen molar-refractivity contribution < 1.29 is 19.4 Å². The molecule has 0 saturated carbocycles. The van der Waals surface area contributed by atoms with E-state index in [4.69, 9.17) is 5.11 Å². The van der Waals surface area contributed by atoms with E-state index in [2.05, 4.69) is 4.74 Å². The molecule has 11 heavy (non-hydrogen) atoms. The Labute approximate surface area is 65.2 Å². The maximum absolute atomic E-state index is 10.6. The minimum Gasteiger partial charge on any atom is -0.481 e. The van der Waals surface area contributed by atoms with Crippen LogP contribution in [0.4, 0.5) is 0 Å². The van der Waals surface area contributed by atoms with Crippen molar-refractivity contribution in [2.75, 3.05) is 6.61 Å². The molecule has 4 nitrogen and oxygen atoms in total. The van der Waals surface area contributed by atoms with Crippen LogP contribution in [-0.4, -0.2) is 23.7 Å². The molecule has 0 heterocycles. The van der Waals surface area contributed by atoms with Crippen LogP contribution in [0.25, 0.3) is 0 Å². The van der Waals surface area contributed by atoms with Crippen LogP contribution >= 0.6 is 0 Å². The number of esters is 1. The molecule has 64 valence electrons. The first-order valence-electron chi connectivity index (χ1n) is 3.54. The number of aliphatic carboxylic acids is 1. The maximum atomic E-state index is 10.6. The Bertz CT molecular complexity index is 141. The Kier molecular flexibility index (Phi) is 5.15. The third-order valence-electron chi connectivity index (χ3n) is 1.03. The number of ether oxygens (including phenoxy) is 1. The Morgan fingerprint density at radius 3 is 2.45 bits per heavy atom. The lowest BCUT2D eigenvalue weighted by atomic mass is 10.3. The van der Waals surface area contributed by atoms with Gasteiger partial charge in [-0.3, -0.25) is 9.59 Å². The molecule has 0 aromatic heterocycles. The molecule has 0 fully saturated rings. The van der Waals surface area contributed by atoms with E-state index in [0.717, 1.165) is 6.42 Å². The Morgan fingerprint density at radius 2 is 2.00 bits per heavy atom. The molecule has 0 unspecified atom stereocenters. The van der Waals surface area contributed by atoms with Gasteiger partial charge < -0.3 is 9.84 Å². The zero-order valence-electron chi connectivity index (χ0n) is 6.50. The van der Waals surface area contributed by atoms with Crippen molar-refractivity contribution in [1.82, 2.24) is 0 Å². The quantitative estimate of drug-likeness (QED) is 0.604. The molecule has 4 heteroatoms. The third kappa shape index (κ3) is 6.83. The topological polar surface area (TPSA) is 63.6 Å². The molecular weight excluding hydrogens is 148 g/mol. The van der Waals surface area contributed by atoms with E-state index in [0.29, 0.717) is 6.42 Å². The first-order valence-corrected chi connectivity index (χ1v) is 3.54. The molecule has 0 atom stereocenters. The summed E-state index contributed by atoms with van der Waals surface area (Å²) in [5.74, 6) is -1.27. The molecule has 0 bridgehead atoms. The number of rotatable bonds is 5. The highest BCUT2D eigenvalue weighted by molar-refractivity contribution is 5.70. The van der Waals surface area contributed by atoms with Crippen LogP contribution < -0.4 is 0 Å². The first-order chi connectivity index (χ1) is 5.16. The van der Waals surface area contributed by atoms with Gasteiger partial charge in [-0.15, -0.1) is 0 Å². The number of carbonyl (C=O) groups excluding carboxylic acids is 1. The molecular formula is C7H12O4. The van der Waals surface area contributed by atoms with Gasteiger partial charge in [0.15, 0.2) is 0 Å². The standard InChI is InChI=1S/C7H12O4/c1-2-3-7(10)11-5-4-6(8)9/h2-5H2,1H3,(H,8,9). The average Bonchev–Trinajstić information content (AvgIpc) is 1.87. The Balaban J connectivity index is 3.24. The highest BCUT2D eigenvalue weighted by Gasteiger charge is 2.01. The Morgan fingerprint density at radius 1 is 1.36 bits per heavy atom. The predicted octanol–water partition coefficient (Wildman–Crippen LogP) is 0.804. The van der Waals surface area contributed by atoms with Gasteiger partial charge >= 0.3 is 11.9 Å². The summed E-state index contributed by atoms with van der Waals surface area (Å²) in [5, 5.41) is 8.16. The second-order valence-electron chi connectivity index (χ2n) is 2.11. The molecule has 0 radical (unpaired) electrons. The zero-order valence-corrected chi connectivity index (χ0v) is 6.50. The molecule has 0 aliphatic carbocycles. The average molecular weight is 160 g/mol. The molecule has 0 rings (SSSR count). The molecule has 0 spiro atoms. The molecule has 0 aliphatic rings. The fourth-order valence-electron chi connectivity index (χ4n) is 0.528. The van der Waals surface area contributed by atoms with Gasteiger partial charge in [-0.1, -0.05) is 6.92 Å². The van der Waals surface area contributed by atoms with E-state index in [9.17, 15) is 9.59 Å². The summed E-state index contributed by atoms with van der Waals surface area (Å²) in [6.07, 6.45) is 0.973. The lowest BCUT2D eigenvalue weighted by Crippen LogP contribution is -2.08. The molecule has 0 saturated heterocycles. The summed E-state index contributed by atoms with van der Waals surface area (Å²) >= 11 is 0. The Hall–Kier alpha value is -1.06. The van der Waals surface area contributed by atoms with Crippen LogP contribution in [0.5, 0.6) is 0 Å². The number of hydrogen-bond donors (Lipinski definition) is 1. The predicted molar refractivity (Wildman–Crippen MR) is 38.1 cm³/mol. The van der Waals surface area contributed by atoms with Gasteiger partial charge in [0, 0.05) is 6.42 Å². The van der Waals surface area contributed by atoms with Crippen LogP contribution in [0.15, 0.2) is 0 Å². The van der Waals surface area contributed by atoms with Crippen molar-refractivity contribution in [3.05, 3.63) is 0 Å². The normalized spacial score (nSPS) is 9.18. The van der Waals surface area contributed by atoms with Gasteiger partial charge in [0.25, 0.3) is 0 Å². The molecule has 0 aromatic carbocycles. The smallest absolute Gasteiger partial charge is 0.306 e. The molecule has 0 aromatic rings. The van der Waals surface area contributed by atoms with Crippen molar-refractivity contribution in [1.29, 1.82) is 0 Å². The van der Waals surface area contributed by atoms with Gasteiger partial charge in [0.2, 0.25) is 0 Å². The van der Waals surface area contributed by atoms with E-state index in [1.54, 1.807) is 0 Å². The summed E-state index contributed by atoms with van der Waals surface area (Å²) in [4.78, 5) is 20.6. The van der Waals surface area contributed by atoms with Gasteiger partial charge in [-0.2, -0.15) is 0 Å². The highest BCUT2D eigenvalue weighted by atomic mass is 16.5. The SMILES string of the molecule is CCCC(=O)OCCC(=O)O. The minimum absolute atomic E-state index is 0.0197. The third-order valence-corrected chi connectivity index (χ3v) is 1.03. The lowest BCUT2D eigenvalue weighted by molar-refractivity contribution is -0.146. The van der Waals surface area contributed by atoms with Crippen LogP contribution in [0.1, 0.15) is 26.2 Å². The number of carbonyl (C=O) groups is 2. The zero-order chi connectivity index (χ0) is 8.69.